The molecule has 9 heteroatoms. The number of aromatic amines is 1. The molecule has 1 amide bonds. The molecule has 1 fully saturated rings. The van der Waals surface area contributed by atoms with E-state index in [1.807, 2.05) is 0 Å². The minimum atomic E-state index is -4.71. The van der Waals surface area contributed by atoms with Crippen molar-refractivity contribution < 1.29 is 27.5 Å². The van der Waals surface area contributed by atoms with Crippen LogP contribution in [-0.4, -0.2) is 29.5 Å². The van der Waals surface area contributed by atoms with Gasteiger partial charge in [-0.2, -0.15) is 13.2 Å². The molecule has 2 aromatic rings. The molecule has 0 unspecified atom stereocenters. The van der Waals surface area contributed by atoms with Crippen LogP contribution in [0, 0.1) is 0 Å². The Morgan fingerprint density at radius 1 is 1.31 bits per heavy atom. The standard InChI is InChI=1S/C17H15F3N2O4/c1-9(23)26-8-11-3-5-16(25)22(11)10-2-4-14-12(6-10)13(17(18,19)20)7-15(24)21-14/h2,4,6-7,11H,3,5,8H2,1H3,(H,21,24)/t11-/m1/s1. The van der Waals surface area contributed by atoms with Crippen LogP contribution in [0.4, 0.5) is 18.9 Å². The Hall–Kier alpha value is -2.84. The Morgan fingerprint density at radius 2 is 2.04 bits per heavy atom. The van der Waals surface area contributed by atoms with Gasteiger partial charge in [0, 0.05) is 36.0 Å². The SMILES string of the molecule is CC(=O)OC[C@H]1CCC(=O)N1c1ccc2[nH]c(=O)cc(C(F)(F)F)c2c1. The molecule has 138 valence electrons. The predicted molar refractivity (Wildman–Crippen MR) is 86.7 cm³/mol. The van der Waals surface area contributed by atoms with E-state index in [0.717, 1.165) is 0 Å². The average molecular weight is 368 g/mol. The average Bonchev–Trinajstić information content (AvgIpc) is 2.91. The van der Waals surface area contributed by atoms with Crippen LogP contribution in [0.3, 0.4) is 0 Å². The highest BCUT2D eigenvalue weighted by Gasteiger charge is 2.35. The molecular formula is C17H15F3N2O4. The molecule has 1 aliphatic heterocycles. The van der Waals surface area contributed by atoms with Gasteiger partial charge in [-0.25, -0.2) is 0 Å². The summed E-state index contributed by atoms with van der Waals surface area (Å²) in [6, 6.07) is 4.06. The van der Waals surface area contributed by atoms with Gasteiger partial charge in [0.2, 0.25) is 11.5 Å². The van der Waals surface area contributed by atoms with E-state index in [9.17, 15) is 27.6 Å². The number of H-pyrrole nitrogens is 1. The number of hydrogen-bond donors (Lipinski definition) is 1. The summed E-state index contributed by atoms with van der Waals surface area (Å²) < 4.78 is 44.8. The molecule has 0 bridgehead atoms. The number of amides is 1. The maximum Gasteiger partial charge on any atom is 0.417 e. The number of esters is 1. The highest BCUT2D eigenvalue weighted by molar-refractivity contribution is 5.98. The number of halogens is 3. The van der Waals surface area contributed by atoms with Gasteiger partial charge >= 0.3 is 12.1 Å². The lowest BCUT2D eigenvalue weighted by Crippen LogP contribution is -2.36. The van der Waals surface area contributed by atoms with Gasteiger partial charge in [-0.05, 0) is 24.6 Å². The van der Waals surface area contributed by atoms with Crippen LogP contribution in [0.2, 0.25) is 0 Å². The van der Waals surface area contributed by atoms with Gasteiger partial charge in [0.1, 0.15) is 6.61 Å². The zero-order valence-corrected chi connectivity index (χ0v) is 13.7. The molecule has 1 aliphatic rings. The summed E-state index contributed by atoms with van der Waals surface area (Å²) in [4.78, 5) is 38.4. The van der Waals surface area contributed by atoms with E-state index in [4.69, 9.17) is 4.74 Å². The minimum Gasteiger partial charge on any atom is -0.464 e. The first-order valence-corrected chi connectivity index (χ1v) is 7.86. The minimum absolute atomic E-state index is 0.0248. The third-order valence-corrected chi connectivity index (χ3v) is 4.21. The largest absolute Gasteiger partial charge is 0.464 e. The molecule has 1 atom stereocenters. The van der Waals surface area contributed by atoms with E-state index in [2.05, 4.69) is 4.98 Å². The summed E-state index contributed by atoms with van der Waals surface area (Å²) in [7, 11) is 0. The zero-order valence-electron chi connectivity index (χ0n) is 13.7. The monoisotopic (exact) mass is 368 g/mol. The second-order valence-corrected chi connectivity index (χ2v) is 6.03. The van der Waals surface area contributed by atoms with Gasteiger partial charge in [-0.3, -0.25) is 14.4 Å². The molecule has 2 heterocycles. The van der Waals surface area contributed by atoms with Crippen molar-refractivity contribution in [3.8, 4) is 0 Å². The Kier molecular flexibility index (Phi) is 4.47. The number of ether oxygens (including phenoxy) is 1. The van der Waals surface area contributed by atoms with Gasteiger partial charge in [0.15, 0.2) is 0 Å². The Morgan fingerprint density at radius 3 is 2.69 bits per heavy atom. The zero-order chi connectivity index (χ0) is 19.1. The molecule has 0 radical (unpaired) electrons. The second kappa shape index (κ2) is 6.47. The molecule has 1 aromatic heterocycles. The Labute approximate surface area is 145 Å². The van der Waals surface area contributed by atoms with Crippen molar-refractivity contribution in [2.75, 3.05) is 11.5 Å². The highest BCUT2D eigenvalue weighted by Crippen LogP contribution is 2.36. The van der Waals surface area contributed by atoms with E-state index in [1.165, 1.54) is 30.0 Å². The van der Waals surface area contributed by atoms with Crippen molar-refractivity contribution in [1.29, 1.82) is 0 Å². The van der Waals surface area contributed by atoms with Crippen LogP contribution in [0.1, 0.15) is 25.3 Å². The molecule has 0 saturated carbocycles. The van der Waals surface area contributed by atoms with Crippen molar-refractivity contribution in [3.05, 3.63) is 40.2 Å². The summed E-state index contributed by atoms with van der Waals surface area (Å²) in [5, 5.41) is -0.208. The molecule has 1 N–H and O–H groups in total. The van der Waals surface area contributed by atoms with Crippen molar-refractivity contribution in [2.24, 2.45) is 0 Å². The number of pyridine rings is 1. The fraction of sp³-hybridized carbons (Fsp3) is 0.353. The summed E-state index contributed by atoms with van der Waals surface area (Å²) in [5.74, 6) is -0.765. The number of nitrogens with zero attached hydrogens (tertiary/aromatic N) is 1. The topological polar surface area (TPSA) is 79.5 Å². The van der Waals surface area contributed by atoms with E-state index >= 15 is 0 Å². The number of benzene rings is 1. The molecule has 26 heavy (non-hydrogen) atoms. The number of aromatic nitrogens is 1. The fourth-order valence-electron chi connectivity index (χ4n) is 3.10. The Bertz CT molecular complexity index is 936. The van der Waals surface area contributed by atoms with Gasteiger partial charge in [-0.15, -0.1) is 0 Å². The smallest absolute Gasteiger partial charge is 0.417 e. The van der Waals surface area contributed by atoms with Crippen LogP contribution >= 0.6 is 0 Å². The van der Waals surface area contributed by atoms with E-state index in [1.54, 1.807) is 0 Å². The maximum absolute atomic E-state index is 13.3. The van der Waals surface area contributed by atoms with Gasteiger partial charge < -0.3 is 14.6 Å². The van der Waals surface area contributed by atoms with Crippen LogP contribution in [-0.2, 0) is 20.5 Å². The molecule has 3 rings (SSSR count). The number of nitrogens with one attached hydrogen (secondary N) is 1. The van der Waals surface area contributed by atoms with Gasteiger partial charge in [-0.1, -0.05) is 0 Å². The van der Waals surface area contributed by atoms with Crippen LogP contribution < -0.4 is 10.5 Å². The van der Waals surface area contributed by atoms with Gasteiger partial charge in [0.05, 0.1) is 11.6 Å². The fourth-order valence-corrected chi connectivity index (χ4v) is 3.10. The first-order valence-electron chi connectivity index (χ1n) is 7.86. The first kappa shape index (κ1) is 18.0. The quantitative estimate of drug-likeness (QED) is 0.845. The van der Waals surface area contributed by atoms with E-state index < -0.39 is 29.3 Å². The second-order valence-electron chi connectivity index (χ2n) is 6.03. The number of carbonyl (C=O) groups excluding carboxylic acids is 2. The highest BCUT2D eigenvalue weighted by atomic mass is 19.4. The molecule has 1 aromatic carbocycles. The summed E-state index contributed by atoms with van der Waals surface area (Å²) in [6.07, 6.45) is -4.07. The lowest BCUT2D eigenvalue weighted by Gasteiger charge is -2.25. The van der Waals surface area contributed by atoms with Crippen LogP contribution in [0.15, 0.2) is 29.1 Å². The summed E-state index contributed by atoms with van der Waals surface area (Å²) >= 11 is 0. The molecule has 1 saturated heterocycles. The predicted octanol–water partition coefficient (Wildman–Crippen LogP) is 2.61. The molecule has 0 spiro atoms. The van der Waals surface area contributed by atoms with E-state index in [0.29, 0.717) is 12.5 Å². The van der Waals surface area contributed by atoms with Crippen molar-refractivity contribution >= 4 is 28.5 Å². The number of fused-ring (bicyclic) bond motifs is 1. The third kappa shape index (κ3) is 3.42. The lowest BCUT2D eigenvalue weighted by atomic mass is 10.1. The number of carbonyl (C=O) groups is 2. The van der Waals surface area contributed by atoms with Crippen LogP contribution in [0.25, 0.3) is 10.9 Å². The normalized spacial score (nSPS) is 17.8. The van der Waals surface area contributed by atoms with Gasteiger partial charge in [0.25, 0.3) is 0 Å². The summed E-state index contributed by atoms with van der Waals surface area (Å²) in [6.45, 7) is 1.21. The van der Waals surface area contributed by atoms with Crippen molar-refractivity contribution in [1.82, 2.24) is 4.98 Å². The lowest BCUT2D eigenvalue weighted by molar-refractivity contribution is -0.141. The number of anilines is 1. The molecule has 0 aliphatic carbocycles. The van der Waals surface area contributed by atoms with Crippen LogP contribution in [0.5, 0.6) is 0 Å². The van der Waals surface area contributed by atoms with Crippen molar-refractivity contribution in [3.63, 3.8) is 0 Å². The Balaban J connectivity index is 2.07. The number of rotatable bonds is 3. The number of alkyl halides is 3. The summed E-state index contributed by atoms with van der Waals surface area (Å²) in [5.41, 5.74) is -1.64. The first-order chi connectivity index (χ1) is 12.2. The van der Waals surface area contributed by atoms with E-state index in [-0.39, 0.29) is 35.5 Å². The number of hydrogen-bond acceptors (Lipinski definition) is 4. The molecular weight excluding hydrogens is 353 g/mol. The van der Waals surface area contributed by atoms with Crippen molar-refractivity contribution in [2.45, 2.75) is 32.0 Å². The molecule has 6 nitrogen and oxygen atoms in total. The maximum atomic E-state index is 13.3. The third-order valence-electron chi connectivity index (χ3n) is 4.21.